The molecule has 0 spiro atoms. The van der Waals surface area contributed by atoms with Gasteiger partial charge in [-0.1, -0.05) is 6.92 Å². The van der Waals surface area contributed by atoms with Gasteiger partial charge in [0.25, 0.3) is 0 Å². The number of hydrogen-bond acceptors (Lipinski definition) is 4. The molecule has 0 amide bonds. The summed E-state index contributed by atoms with van der Waals surface area (Å²) in [7, 11) is 0. The molecule has 0 radical (unpaired) electrons. The number of ketones is 1. The first-order valence-electron chi connectivity index (χ1n) is 4.59. The van der Waals surface area contributed by atoms with Crippen LogP contribution in [0.25, 0.3) is 0 Å². The van der Waals surface area contributed by atoms with Gasteiger partial charge in [-0.05, 0) is 6.92 Å². The maximum absolute atomic E-state index is 11.6. The summed E-state index contributed by atoms with van der Waals surface area (Å²) in [6, 6.07) is 0. The molecular formula is C9H16O2S2. The van der Waals surface area contributed by atoms with E-state index in [1.54, 1.807) is 11.8 Å². The van der Waals surface area contributed by atoms with Gasteiger partial charge < -0.3 is 4.74 Å². The van der Waals surface area contributed by atoms with Gasteiger partial charge in [0, 0.05) is 23.4 Å². The van der Waals surface area contributed by atoms with E-state index in [2.05, 4.69) is 6.92 Å². The molecule has 0 bridgehead atoms. The fourth-order valence-electron chi connectivity index (χ4n) is 1.27. The molecule has 1 aliphatic rings. The highest BCUT2D eigenvalue weighted by Gasteiger charge is 2.28. The molecule has 0 aromatic heterocycles. The number of rotatable bonds is 4. The fourth-order valence-corrected chi connectivity index (χ4v) is 3.99. The lowest BCUT2D eigenvalue weighted by molar-refractivity contribution is -0.122. The Bertz CT molecular complexity index is 173. The molecule has 2 nitrogen and oxygen atoms in total. The number of carbonyl (C=O) groups excluding carboxylic acids is 1. The molecule has 2 atom stereocenters. The second-order valence-electron chi connectivity index (χ2n) is 2.97. The molecule has 1 rings (SSSR count). The smallest absolute Gasteiger partial charge is 0.172 e. The standard InChI is InChI=1S/C9H16O2S2/c1-3-11-6-8(10)9-7(2)12-4-5-13-9/h7,9H,3-6H2,1-2H3. The fraction of sp³-hybridized carbons (Fsp3) is 0.889. The summed E-state index contributed by atoms with van der Waals surface area (Å²) in [5.41, 5.74) is 0. The maximum Gasteiger partial charge on any atom is 0.172 e. The Hall–Kier alpha value is 0.330. The van der Waals surface area contributed by atoms with Crippen molar-refractivity contribution >= 4 is 29.3 Å². The summed E-state index contributed by atoms with van der Waals surface area (Å²) in [4.78, 5) is 11.6. The summed E-state index contributed by atoms with van der Waals surface area (Å²) >= 11 is 3.67. The van der Waals surface area contributed by atoms with Crippen LogP contribution in [-0.2, 0) is 9.53 Å². The van der Waals surface area contributed by atoms with Gasteiger partial charge in [-0.2, -0.15) is 11.8 Å². The zero-order valence-corrected chi connectivity index (χ0v) is 9.75. The second-order valence-corrected chi connectivity index (χ2v) is 5.71. The summed E-state index contributed by atoms with van der Waals surface area (Å²) in [5, 5.41) is 0.608. The molecule has 13 heavy (non-hydrogen) atoms. The second kappa shape index (κ2) is 5.94. The quantitative estimate of drug-likeness (QED) is 0.722. The predicted octanol–water partition coefficient (Wildman–Crippen LogP) is 1.83. The SMILES string of the molecule is CCOCC(=O)C1SCCSC1C. The lowest BCUT2D eigenvalue weighted by atomic mass is 10.2. The number of ether oxygens (including phenoxy) is 1. The average molecular weight is 220 g/mol. The van der Waals surface area contributed by atoms with Gasteiger partial charge in [0.2, 0.25) is 0 Å². The Kier molecular flexibility index (Phi) is 5.21. The first-order chi connectivity index (χ1) is 6.25. The molecule has 0 saturated carbocycles. The Labute approximate surface area is 88.2 Å². The Morgan fingerprint density at radius 3 is 2.77 bits per heavy atom. The third kappa shape index (κ3) is 3.52. The van der Waals surface area contributed by atoms with Gasteiger partial charge in [0.05, 0.1) is 5.25 Å². The van der Waals surface area contributed by atoms with Crippen LogP contribution in [0.1, 0.15) is 13.8 Å². The molecule has 0 aromatic carbocycles. The van der Waals surface area contributed by atoms with Crippen molar-refractivity contribution in [3.63, 3.8) is 0 Å². The molecule has 2 unspecified atom stereocenters. The van der Waals surface area contributed by atoms with Crippen molar-refractivity contribution in [2.24, 2.45) is 0 Å². The average Bonchev–Trinajstić information content (AvgIpc) is 2.15. The minimum absolute atomic E-state index is 0.158. The van der Waals surface area contributed by atoms with Crippen LogP contribution in [0.3, 0.4) is 0 Å². The molecule has 0 aliphatic carbocycles. The van der Waals surface area contributed by atoms with E-state index in [4.69, 9.17) is 4.74 Å². The van der Waals surface area contributed by atoms with E-state index >= 15 is 0 Å². The lowest BCUT2D eigenvalue weighted by Crippen LogP contribution is -2.33. The molecule has 76 valence electrons. The third-order valence-corrected chi connectivity index (χ3v) is 5.09. The van der Waals surface area contributed by atoms with E-state index in [-0.39, 0.29) is 11.0 Å². The monoisotopic (exact) mass is 220 g/mol. The highest BCUT2D eigenvalue weighted by atomic mass is 32.2. The largest absolute Gasteiger partial charge is 0.374 e. The predicted molar refractivity (Wildman–Crippen MR) is 59.7 cm³/mol. The molecule has 1 saturated heterocycles. The highest BCUT2D eigenvalue weighted by molar-refractivity contribution is 8.07. The van der Waals surface area contributed by atoms with Crippen molar-refractivity contribution in [2.75, 3.05) is 24.7 Å². The zero-order valence-electron chi connectivity index (χ0n) is 8.12. The van der Waals surface area contributed by atoms with Crippen LogP contribution in [0.5, 0.6) is 0 Å². The number of thioether (sulfide) groups is 2. The van der Waals surface area contributed by atoms with Crippen LogP contribution >= 0.6 is 23.5 Å². The zero-order chi connectivity index (χ0) is 9.68. The Morgan fingerprint density at radius 2 is 2.15 bits per heavy atom. The molecule has 1 heterocycles. The minimum atomic E-state index is 0.158. The first kappa shape index (κ1) is 11.4. The van der Waals surface area contributed by atoms with Crippen LogP contribution in [0.2, 0.25) is 0 Å². The third-order valence-electron chi connectivity index (χ3n) is 1.95. The summed E-state index contributed by atoms with van der Waals surface area (Å²) < 4.78 is 5.12. The van der Waals surface area contributed by atoms with E-state index in [1.807, 2.05) is 18.7 Å². The summed E-state index contributed by atoms with van der Waals surface area (Å²) in [6.45, 7) is 4.97. The van der Waals surface area contributed by atoms with Crippen LogP contribution < -0.4 is 0 Å². The van der Waals surface area contributed by atoms with Gasteiger partial charge in [-0.3, -0.25) is 4.79 Å². The molecular weight excluding hydrogens is 204 g/mol. The van der Waals surface area contributed by atoms with Crippen molar-refractivity contribution in [1.29, 1.82) is 0 Å². The molecule has 0 N–H and O–H groups in total. The molecule has 1 aliphatic heterocycles. The lowest BCUT2D eigenvalue weighted by Gasteiger charge is -2.26. The van der Waals surface area contributed by atoms with Crippen molar-refractivity contribution in [3.8, 4) is 0 Å². The highest BCUT2D eigenvalue weighted by Crippen LogP contribution is 2.31. The van der Waals surface area contributed by atoms with Gasteiger partial charge in [0.15, 0.2) is 5.78 Å². The number of carbonyl (C=O) groups is 1. The normalized spacial score (nSPS) is 28.8. The molecule has 0 aromatic rings. The van der Waals surface area contributed by atoms with Gasteiger partial charge in [-0.25, -0.2) is 0 Å². The summed E-state index contributed by atoms with van der Waals surface area (Å²) in [5.74, 6) is 2.52. The van der Waals surface area contributed by atoms with Crippen molar-refractivity contribution in [1.82, 2.24) is 0 Å². The van der Waals surface area contributed by atoms with E-state index < -0.39 is 0 Å². The van der Waals surface area contributed by atoms with Crippen LogP contribution in [-0.4, -0.2) is 41.0 Å². The Morgan fingerprint density at radius 1 is 1.46 bits per heavy atom. The summed E-state index contributed by atoms with van der Waals surface area (Å²) in [6.07, 6.45) is 0. The van der Waals surface area contributed by atoms with Crippen LogP contribution in [0, 0.1) is 0 Å². The Balaban J connectivity index is 2.35. The van der Waals surface area contributed by atoms with E-state index in [0.717, 1.165) is 5.75 Å². The van der Waals surface area contributed by atoms with E-state index in [9.17, 15) is 4.79 Å². The van der Waals surface area contributed by atoms with Gasteiger partial charge in [-0.15, -0.1) is 11.8 Å². The molecule has 1 fully saturated rings. The van der Waals surface area contributed by atoms with Crippen molar-refractivity contribution in [2.45, 2.75) is 24.3 Å². The topological polar surface area (TPSA) is 26.3 Å². The van der Waals surface area contributed by atoms with Gasteiger partial charge in [0.1, 0.15) is 6.61 Å². The number of Topliss-reactive ketones (excluding diaryl/α,β-unsaturated/α-hetero) is 1. The van der Waals surface area contributed by atoms with Crippen molar-refractivity contribution in [3.05, 3.63) is 0 Å². The first-order valence-corrected chi connectivity index (χ1v) is 6.69. The van der Waals surface area contributed by atoms with Gasteiger partial charge >= 0.3 is 0 Å². The minimum Gasteiger partial charge on any atom is -0.374 e. The van der Waals surface area contributed by atoms with Crippen LogP contribution in [0.4, 0.5) is 0 Å². The van der Waals surface area contributed by atoms with Crippen LogP contribution in [0.15, 0.2) is 0 Å². The van der Waals surface area contributed by atoms with E-state index in [0.29, 0.717) is 18.5 Å². The maximum atomic E-state index is 11.6. The van der Waals surface area contributed by atoms with E-state index in [1.165, 1.54) is 5.75 Å². The molecule has 4 heteroatoms. The number of hydrogen-bond donors (Lipinski definition) is 0. The van der Waals surface area contributed by atoms with Crippen molar-refractivity contribution < 1.29 is 9.53 Å².